The maximum atomic E-state index is 12.2. The van der Waals surface area contributed by atoms with Crippen molar-refractivity contribution in [1.29, 1.82) is 0 Å². The molecule has 2 N–H and O–H groups in total. The molecular weight excluding hydrogens is 320 g/mol. The van der Waals surface area contributed by atoms with Gasteiger partial charge in [-0.05, 0) is 30.5 Å². The molecule has 2 rings (SSSR count). The molecule has 138 valence electrons. The van der Waals surface area contributed by atoms with Crippen molar-refractivity contribution in [2.24, 2.45) is 5.92 Å². The molecule has 1 aromatic carbocycles. The van der Waals surface area contributed by atoms with Gasteiger partial charge in [-0.25, -0.2) is 0 Å². The highest BCUT2D eigenvalue weighted by atomic mass is 16.7. The highest BCUT2D eigenvalue weighted by Gasteiger charge is 2.20. The smallest absolute Gasteiger partial charge is 0.251 e. The Kier molecular flexibility index (Phi) is 7.88. The number of benzene rings is 1. The minimum absolute atomic E-state index is 0.145. The van der Waals surface area contributed by atoms with Gasteiger partial charge in [0.05, 0.1) is 6.54 Å². The second-order valence-electron chi connectivity index (χ2n) is 6.36. The van der Waals surface area contributed by atoms with Gasteiger partial charge in [0.15, 0.2) is 6.29 Å². The van der Waals surface area contributed by atoms with Crippen LogP contribution in [0.3, 0.4) is 0 Å². The number of carbonyl (C=O) groups excluding carboxylic acids is 2. The molecule has 6 heteroatoms. The summed E-state index contributed by atoms with van der Waals surface area (Å²) in [6, 6.07) is 7.23. The minimum atomic E-state index is -0.460. The van der Waals surface area contributed by atoms with E-state index in [1.165, 1.54) is 20.6 Å². The Morgan fingerprint density at radius 1 is 1.04 bits per heavy atom. The van der Waals surface area contributed by atoms with E-state index in [2.05, 4.69) is 10.6 Å². The highest BCUT2D eigenvalue weighted by molar-refractivity contribution is 5.94. The van der Waals surface area contributed by atoms with E-state index in [1.54, 1.807) is 12.1 Å². The summed E-state index contributed by atoms with van der Waals surface area (Å²) in [5, 5.41) is 5.76. The topological polar surface area (TPSA) is 76.7 Å². The fourth-order valence-electron chi connectivity index (χ4n) is 3.01. The van der Waals surface area contributed by atoms with E-state index in [1.807, 2.05) is 12.1 Å². The lowest BCUT2D eigenvalue weighted by Crippen LogP contribution is -2.34. The van der Waals surface area contributed by atoms with Crippen molar-refractivity contribution in [1.82, 2.24) is 10.6 Å². The third-order valence-electron chi connectivity index (χ3n) is 4.61. The molecule has 0 bridgehead atoms. The first-order valence-corrected chi connectivity index (χ1v) is 8.84. The van der Waals surface area contributed by atoms with E-state index in [0.717, 1.165) is 31.2 Å². The van der Waals surface area contributed by atoms with Crippen LogP contribution >= 0.6 is 0 Å². The number of nitrogens with one attached hydrogen (secondary N) is 2. The molecule has 2 amide bonds. The van der Waals surface area contributed by atoms with Crippen molar-refractivity contribution >= 4 is 11.8 Å². The van der Waals surface area contributed by atoms with Crippen LogP contribution < -0.4 is 10.6 Å². The Labute approximate surface area is 149 Å². The third kappa shape index (κ3) is 6.14. The number of rotatable bonds is 8. The van der Waals surface area contributed by atoms with Crippen molar-refractivity contribution < 1.29 is 19.1 Å². The molecule has 1 aliphatic carbocycles. The number of hydrogen-bond acceptors (Lipinski definition) is 4. The fourth-order valence-corrected chi connectivity index (χ4v) is 3.01. The summed E-state index contributed by atoms with van der Waals surface area (Å²) in [7, 11) is 3.05. The molecule has 25 heavy (non-hydrogen) atoms. The normalized spacial score (nSPS) is 15.2. The molecule has 1 fully saturated rings. The van der Waals surface area contributed by atoms with E-state index >= 15 is 0 Å². The summed E-state index contributed by atoms with van der Waals surface area (Å²) >= 11 is 0. The van der Waals surface area contributed by atoms with Gasteiger partial charge in [-0.2, -0.15) is 0 Å². The maximum Gasteiger partial charge on any atom is 0.251 e. The minimum Gasteiger partial charge on any atom is -0.354 e. The molecule has 0 unspecified atom stereocenters. The van der Waals surface area contributed by atoms with Crippen LogP contribution in [0, 0.1) is 5.92 Å². The van der Waals surface area contributed by atoms with Crippen molar-refractivity contribution in [2.45, 2.75) is 44.9 Å². The van der Waals surface area contributed by atoms with Gasteiger partial charge in [-0.1, -0.05) is 31.4 Å². The fraction of sp³-hybridized carbons (Fsp3) is 0.579. The summed E-state index contributed by atoms with van der Waals surface area (Å²) in [5.74, 6) is 0.122. The summed E-state index contributed by atoms with van der Waals surface area (Å²) < 4.78 is 10.1. The molecule has 0 spiro atoms. The average molecular weight is 348 g/mol. The van der Waals surface area contributed by atoms with Gasteiger partial charge in [0.25, 0.3) is 5.91 Å². The Morgan fingerprint density at radius 3 is 2.28 bits per heavy atom. The number of hydrogen-bond donors (Lipinski definition) is 2. The Balaban J connectivity index is 1.78. The Hall–Kier alpha value is -1.92. The van der Waals surface area contributed by atoms with Crippen LogP contribution in [0.2, 0.25) is 0 Å². The molecule has 1 aliphatic rings. The summed E-state index contributed by atoms with van der Waals surface area (Å²) in [4.78, 5) is 24.2. The van der Waals surface area contributed by atoms with E-state index in [-0.39, 0.29) is 24.3 Å². The van der Waals surface area contributed by atoms with E-state index < -0.39 is 6.29 Å². The predicted molar refractivity (Wildman–Crippen MR) is 95.0 cm³/mol. The van der Waals surface area contributed by atoms with Crippen molar-refractivity contribution in [3.63, 3.8) is 0 Å². The number of methoxy groups -OCH3 is 2. The summed E-state index contributed by atoms with van der Waals surface area (Å²) in [6.45, 7) is 0.775. The second kappa shape index (κ2) is 10.2. The van der Waals surface area contributed by atoms with Crippen LogP contribution in [0.4, 0.5) is 0 Å². The zero-order valence-corrected chi connectivity index (χ0v) is 15.0. The van der Waals surface area contributed by atoms with E-state index in [9.17, 15) is 9.59 Å². The molecule has 0 atom stereocenters. The van der Waals surface area contributed by atoms with Gasteiger partial charge < -0.3 is 20.1 Å². The first-order valence-electron chi connectivity index (χ1n) is 8.84. The third-order valence-corrected chi connectivity index (χ3v) is 4.61. The van der Waals surface area contributed by atoms with Gasteiger partial charge >= 0.3 is 0 Å². The van der Waals surface area contributed by atoms with Gasteiger partial charge in [0.1, 0.15) is 0 Å². The molecule has 1 aromatic rings. The zero-order chi connectivity index (χ0) is 18.1. The molecule has 6 nitrogen and oxygen atoms in total. The van der Waals surface area contributed by atoms with Crippen LogP contribution in [0.15, 0.2) is 24.3 Å². The lowest BCUT2D eigenvalue weighted by atomic mass is 9.88. The largest absolute Gasteiger partial charge is 0.354 e. The van der Waals surface area contributed by atoms with Gasteiger partial charge in [-0.3, -0.25) is 9.59 Å². The first kappa shape index (κ1) is 19.4. The van der Waals surface area contributed by atoms with Crippen LogP contribution in [-0.4, -0.2) is 38.9 Å². The molecule has 0 aliphatic heterocycles. The van der Waals surface area contributed by atoms with E-state index in [4.69, 9.17) is 9.47 Å². The van der Waals surface area contributed by atoms with Crippen molar-refractivity contribution in [2.75, 3.05) is 20.8 Å². The second-order valence-corrected chi connectivity index (χ2v) is 6.36. The summed E-state index contributed by atoms with van der Waals surface area (Å²) in [5.41, 5.74) is 1.54. The van der Waals surface area contributed by atoms with Crippen molar-refractivity contribution in [3.05, 3.63) is 35.4 Å². The standard InChI is InChI=1S/C19H28N2O4/c1-24-17(25-2)13-21-19(23)16-10-8-14(9-11-16)12-20-18(22)15-6-4-3-5-7-15/h8-11,15,17H,3-7,12-13H2,1-2H3,(H,20,22)(H,21,23). The average Bonchev–Trinajstić information content (AvgIpc) is 2.67. The van der Waals surface area contributed by atoms with Crippen LogP contribution in [0.25, 0.3) is 0 Å². The predicted octanol–water partition coefficient (Wildman–Crippen LogP) is 2.23. The molecule has 0 radical (unpaired) electrons. The van der Waals surface area contributed by atoms with Crippen LogP contribution in [0.1, 0.15) is 48.0 Å². The van der Waals surface area contributed by atoms with Crippen molar-refractivity contribution in [3.8, 4) is 0 Å². The van der Waals surface area contributed by atoms with E-state index in [0.29, 0.717) is 12.1 Å². The van der Waals surface area contributed by atoms with Gasteiger partial charge in [0, 0.05) is 32.2 Å². The monoisotopic (exact) mass is 348 g/mol. The maximum absolute atomic E-state index is 12.2. The number of ether oxygens (including phenoxy) is 2. The summed E-state index contributed by atoms with van der Waals surface area (Å²) in [6.07, 6.45) is 5.06. The van der Waals surface area contributed by atoms with Crippen LogP contribution in [0.5, 0.6) is 0 Å². The first-order chi connectivity index (χ1) is 12.1. The van der Waals surface area contributed by atoms with Gasteiger partial charge in [-0.15, -0.1) is 0 Å². The molecular formula is C19H28N2O4. The SMILES string of the molecule is COC(CNC(=O)c1ccc(CNC(=O)C2CCCCC2)cc1)OC. The molecule has 1 saturated carbocycles. The molecule has 0 heterocycles. The Morgan fingerprint density at radius 2 is 1.68 bits per heavy atom. The lowest BCUT2D eigenvalue weighted by Gasteiger charge is -2.20. The van der Waals surface area contributed by atoms with Crippen LogP contribution in [-0.2, 0) is 20.8 Å². The molecule has 0 saturated heterocycles. The number of amides is 2. The van der Waals surface area contributed by atoms with Gasteiger partial charge in [0.2, 0.25) is 5.91 Å². The quantitative estimate of drug-likeness (QED) is 0.707. The lowest BCUT2D eigenvalue weighted by molar-refractivity contribution is -0.126. The molecule has 0 aromatic heterocycles. The zero-order valence-electron chi connectivity index (χ0n) is 15.0. The Bertz CT molecular complexity index is 549. The highest BCUT2D eigenvalue weighted by Crippen LogP contribution is 2.23. The number of carbonyl (C=O) groups is 2.